The molecule has 0 unspecified atom stereocenters. The van der Waals surface area contributed by atoms with Crippen LogP contribution >= 0.6 is 0 Å². The first-order valence-corrected chi connectivity index (χ1v) is 5.37. The third kappa shape index (κ3) is 8.03. The van der Waals surface area contributed by atoms with Gasteiger partial charge in [-0.15, -0.1) is 0 Å². The van der Waals surface area contributed by atoms with Crippen LogP contribution in [0.4, 0.5) is 0 Å². The van der Waals surface area contributed by atoms with Crippen LogP contribution in [0, 0.1) is 17.2 Å². The number of hydrogen-bond acceptors (Lipinski definition) is 3. The standard InChI is InChI=1S/C11H22N2O/c1-4-13(7-5-6-12)8-9-14-10-11(2)3/h11H,4-5,7-10H2,1-3H3. The zero-order valence-corrected chi connectivity index (χ0v) is 9.62. The minimum Gasteiger partial charge on any atom is -0.380 e. The molecule has 0 radical (unpaired) electrons. The summed E-state index contributed by atoms with van der Waals surface area (Å²) in [5, 5.41) is 8.45. The number of ether oxygens (including phenoxy) is 1. The lowest BCUT2D eigenvalue weighted by atomic mass is 10.2. The SMILES string of the molecule is CCN(CCC#N)CCOCC(C)C. The second-order valence-corrected chi connectivity index (χ2v) is 3.81. The molecule has 14 heavy (non-hydrogen) atoms. The minimum atomic E-state index is 0.601. The Labute approximate surface area is 87.7 Å². The van der Waals surface area contributed by atoms with Crippen LogP contribution in [0.25, 0.3) is 0 Å². The highest BCUT2D eigenvalue weighted by atomic mass is 16.5. The molecule has 0 amide bonds. The highest BCUT2D eigenvalue weighted by Crippen LogP contribution is 1.94. The van der Waals surface area contributed by atoms with Crippen molar-refractivity contribution < 1.29 is 4.74 Å². The molecule has 82 valence electrons. The quantitative estimate of drug-likeness (QED) is 0.559. The molecular formula is C11H22N2O. The van der Waals surface area contributed by atoms with Gasteiger partial charge in [0.25, 0.3) is 0 Å². The van der Waals surface area contributed by atoms with E-state index in [9.17, 15) is 0 Å². The fourth-order valence-corrected chi connectivity index (χ4v) is 1.15. The number of hydrogen-bond donors (Lipinski definition) is 0. The molecular weight excluding hydrogens is 176 g/mol. The van der Waals surface area contributed by atoms with Gasteiger partial charge in [0.15, 0.2) is 0 Å². The zero-order valence-electron chi connectivity index (χ0n) is 9.62. The zero-order chi connectivity index (χ0) is 10.8. The van der Waals surface area contributed by atoms with Crippen LogP contribution in [0.3, 0.4) is 0 Å². The summed E-state index contributed by atoms with van der Waals surface area (Å²) in [7, 11) is 0. The highest BCUT2D eigenvalue weighted by Gasteiger charge is 2.01. The number of nitriles is 1. The first-order valence-electron chi connectivity index (χ1n) is 5.37. The van der Waals surface area contributed by atoms with E-state index < -0.39 is 0 Å². The second kappa shape index (κ2) is 8.98. The van der Waals surface area contributed by atoms with Crippen molar-refractivity contribution in [3.63, 3.8) is 0 Å². The van der Waals surface area contributed by atoms with Crippen LogP contribution in [-0.2, 0) is 4.74 Å². The van der Waals surface area contributed by atoms with Crippen molar-refractivity contribution in [1.82, 2.24) is 4.90 Å². The maximum absolute atomic E-state index is 8.45. The second-order valence-electron chi connectivity index (χ2n) is 3.81. The van der Waals surface area contributed by atoms with Crippen LogP contribution in [0.5, 0.6) is 0 Å². The number of rotatable bonds is 8. The number of nitrogens with zero attached hydrogens (tertiary/aromatic N) is 2. The third-order valence-electron chi connectivity index (χ3n) is 1.99. The summed E-state index contributed by atoms with van der Waals surface area (Å²) in [6, 6.07) is 2.16. The van der Waals surface area contributed by atoms with E-state index in [0.717, 1.165) is 32.8 Å². The van der Waals surface area contributed by atoms with Crippen molar-refractivity contribution in [3.8, 4) is 6.07 Å². The van der Waals surface area contributed by atoms with E-state index in [2.05, 4.69) is 31.7 Å². The van der Waals surface area contributed by atoms with Gasteiger partial charge in [-0.3, -0.25) is 0 Å². The van der Waals surface area contributed by atoms with Crippen LogP contribution in [0.1, 0.15) is 27.2 Å². The topological polar surface area (TPSA) is 36.3 Å². The predicted molar refractivity (Wildman–Crippen MR) is 58.0 cm³/mol. The molecule has 0 fully saturated rings. The Kier molecular flexibility index (Phi) is 8.61. The Morgan fingerprint density at radius 2 is 2.07 bits per heavy atom. The molecule has 0 saturated carbocycles. The summed E-state index contributed by atoms with van der Waals surface area (Å²) in [6.45, 7) is 10.8. The smallest absolute Gasteiger partial charge is 0.0635 e. The Morgan fingerprint density at radius 3 is 2.57 bits per heavy atom. The molecule has 3 nitrogen and oxygen atoms in total. The van der Waals surface area contributed by atoms with Gasteiger partial charge in [0, 0.05) is 26.1 Å². The Balaban J connectivity index is 3.38. The summed E-state index contributed by atoms with van der Waals surface area (Å²) < 4.78 is 5.48. The summed E-state index contributed by atoms with van der Waals surface area (Å²) in [5.74, 6) is 0.601. The maximum atomic E-state index is 8.45. The Hall–Kier alpha value is -0.590. The third-order valence-corrected chi connectivity index (χ3v) is 1.99. The van der Waals surface area contributed by atoms with Gasteiger partial charge in [-0.05, 0) is 12.5 Å². The molecule has 3 heteroatoms. The van der Waals surface area contributed by atoms with E-state index in [1.807, 2.05) is 0 Å². The fourth-order valence-electron chi connectivity index (χ4n) is 1.15. The van der Waals surface area contributed by atoms with E-state index in [0.29, 0.717) is 12.3 Å². The fraction of sp³-hybridized carbons (Fsp3) is 0.909. The molecule has 0 saturated heterocycles. The number of likely N-dealkylation sites (N-methyl/N-ethyl adjacent to an activating group) is 1. The van der Waals surface area contributed by atoms with Crippen LogP contribution < -0.4 is 0 Å². The summed E-state index contributed by atoms with van der Waals surface area (Å²) in [4.78, 5) is 2.24. The molecule has 0 aromatic heterocycles. The van der Waals surface area contributed by atoms with Gasteiger partial charge >= 0.3 is 0 Å². The minimum absolute atomic E-state index is 0.601. The van der Waals surface area contributed by atoms with E-state index in [4.69, 9.17) is 10.00 Å². The van der Waals surface area contributed by atoms with Crippen LogP contribution in [0.15, 0.2) is 0 Å². The van der Waals surface area contributed by atoms with E-state index in [1.54, 1.807) is 0 Å². The molecule has 0 bridgehead atoms. The molecule has 0 aromatic rings. The highest BCUT2D eigenvalue weighted by molar-refractivity contribution is 4.71. The molecule has 0 heterocycles. The lowest BCUT2D eigenvalue weighted by Crippen LogP contribution is -2.28. The van der Waals surface area contributed by atoms with Crippen molar-refractivity contribution >= 4 is 0 Å². The van der Waals surface area contributed by atoms with Gasteiger partial charge in [-0.25, -0.2) is 0 Å². The van der Waals surface area contributed by atoms with Gasteiger partial charge in [0.1, 0.15) is 0 Å². The lowest BCUT2D eigenvalue weighted by molar-refractivity contribution is 0.0872. The van der Waals surface area contributed by atoms with E-state index in [1.165, 1.54) is 0 Å². The largest absolute Gasteiger partial charge is 0.380 e. The monoisotopic (exact) mass is 198 g/mol. The first-order chi connectivity index (χ1) is 6.70. The van der Waals surface area contributed by atoms with Gasteiger partial charge in [-0.1, -0.05) is 20.8 Å². The molecule has 0 spiro atoms. The predicted octanol–water partition coefficient (Wildman–Crippen LogP) is 1.89. The van der Waals surface area contributed by atoms with Gasteiger partial charge in [-0.2, -0.15) is 5.26 Å². The van der Waals surface area contributed by atoms with E-state index >= 15 is 0 Å². The molecule has 0 atom stereocenters. The van der Waals surface area contributed by atoms with Crippen molar-refractivity contribution in [2.75, 3.05) is 32.8 Å². The van der Waals surface area contributed by atoms with Gasteiger partial charge in [0.2, 0.25) is 0 Å². The summed E-state index contributed by atoms with van der Waals surface area (Å²) in [5.41, 5.74) is 0. The van der Waals surface area contributed by atoms with Crippen molar-refractivity contribution in [1.29, 1.82) is 5.26 Å². The summed E-state index contributed by atoms with van der Waals surface area (Å²) in [6.07, 6.45) is 0.609. The van der Waals surface area contributed by atoms with E-state index in [-0.39, 0.29) is 0 Å². The lowest BCUT2D eigenvalue weighted by Gasteiger charge is -2.18. The molecule has 0 aliphatic heterocycles. The van der Waals surface area contributed by atoms with Gasteiger partial charge in [0.05, 0.1) is 12.7 Å². The molecule has 0 aliphatic rings. The van der Waals surface area contributed by atoms with Crippen LogP contribution in [-0.4, -0.2) is 37.7 Å². The first kappa shape index (κ1) is 13.4. The van der Waals surface area contributed by atoms with Gasteiger partial charge < -0.3 is 9.64 Å². The van der Waals surface area contributed by atoms with Crippen molar-refractivity contribution in [2.24, 2.45) is 5.92 Å². The molecule has 0 N–H and O–H groups in total. The Morgan fingerprint density at radius 1 is 1.36 bits per heavy atom. The molecule has 0 rings (SSSR count). The normalized spacial score (nSPS) is 10.9. The molecule has 0 aromatic carbocycles. The molecule has 0 aliphatic carbocycles. The average Bonchev–Trinajstić information content (AvgIpc) is 2.16. The van der Waals surface area contributed by atoms with Crippen molar-refractivity contribution in [2.45, 2.75) is 27.2 Å². The Bertz CT molecular complexity index is 163. The van der Waals surface area contributed by atoms with Crippen LogP contribution in [0.2, 0.25) is 0 Å². The maximum Gasteiger partial charge on any atom is 0.0635 e. The summed E-state index contributed by atoms with van der Waals surface area (Å²) >= 11 is 0. The van der Waals surface area contributed by atoms with Crippen molar-refractivity contribution in [3.05, 3.63) is 0 Å². The average molecular weight is 198 g/mol.